The van der Waals surface area contributed by atoms with Gasteiger partial charge in [-0.05, 0) is 59.3 Å². The van der Waals surface area contributed by atoms with Crippen LogP contribution in [0.1, 0.15) is 49.3 Å². The molecule has 0 aliphatic heterocycles. The topological polar surface area (TPSA) is 49.3 Å². The standard InChI is InChI=1S/C19H22ClNO2S/c20-16-5-3-15(4-6-16)19(9-1-2-10-19)18(23)21-11-7-17(22)14-8-12-24-13-14/h3-6,8,12-13,17,22H,1-2,7,9-11H2,(H,21,23)/t17-/m1/s1. The summed E-state index contributed by atoms with van der Waals surface area (Å²) in [5.74, 6) is 0.0693. The monoisotopic (exact) mass is 363 g/mol. The van der Waals surface area contributed by atoms with Crippen molar-refractivity contribution in [1.29, 1.82) is 0 Å². The molecule has 1 aromatic heterocycles. The molecule has 2 N–H and O–H groups in total. The molecule has 0 bridgehead atoms. The second-order valence-electron chi connectivity index (χ2n) is 6.41. The molecule has 1 heterocycles. The molecule has 24 heavy (non-hydrogen) atoms. The highest BCUT2D eigenvalue weighted by Crippen LogP contribution is 2.41. The lowest BCUT2D eigenvalue weighted by Crippen LogP contribution is -2.43. The maximum atomic E-state index is 12.9. The average molecular weight is 364 g/mol. The summed E-state index contributed by atoms with van der Waals surface area (Å²) >= 11 is 7.55. The Morgan fingerprint density at radius 3 is 2.58 bits per heavy atom. The van der Waals surface area contributed by atoms with E-state index in [1.54, 1.807) is 11.3 Å². The van der Waals surface area contributed by atoms with E-state index >= 15 is 0 Å². The van der Waals surface area contributed by atoms with Crippen molar-refractivity contribution >= 4 is 28.8 Å². The quantitative estimate of drug-likeness (QED) is 0.796. The van der Waals surface area contributed by atoms with Crippen molar-refractivity contribution in [2.45, 2.75) is 43.6 Å². The number of thiophene rings is 1. The van der Waals surface area contributed by atoms with Crippen molar-refractivity contribution in [2.75, 3.05) is 6.54 Å². The van der Waals surface area contributed by atoms with Crippen molar-refractivity contribution in [3.63, 3.8) is 0 Å². The van der Waals surface area contributed by atoms with Gasteiger partial charge in [0, 0.05) is 11.6 Å². The lowest BCUT2D eigenvalue weighted by Gasteiger charge is -2.28. The third kappa shape index (κ3) is 3.66. The highest BCUT2D eigenvalue weighted by Gasteiger charge is 2.42. The van der Waals surface area contributed by atoms with Gasteiger partial charge in [0.1, 0.15) is 0 Å². The van der Waals surface area contributed by atoms with Crippen molar-refractivity contribution in [1.82, 2.24) is 5.32 Å². The number of hydrogen-bond donors (Lipinski definition) is 2. The second kappa shape index (κ2) is 7.68. The molecule has 1 aliphatic rings. The minimum atomic E-state index is -0.522. The summed E-state index contributed by atoms with van der Waals surface area (Å²) in [6.07, 6.45) is 3.87. The van der Waals surface area contributed by atoms with Gasteiger partial charge in [0.15, 0.2) is 0 Å². The van der Waals surface area contributed by atoms with E-state index in [-0.39, 0.29) is 5.91 Å². The number of aliphatic hydroxyl groups is 1. The fourth-order valence-electron chi connectivity index (χ4n) is 3.52. The Balaban J connectivity index is 1.64. The summed E-state index contributed by atoms with van der Waals surface area (Å²) in [7, 11) is 0. The van der Waals surface area contributed by atoms with Gasteiger partial charge in [-0.25, -0.2) is 0 Å². The fourth-order valence-corrected chi connectivity index (χ4v) is 4.35. The lowest BCUT2D eigenvalue weighted by molar-refractivity contribution is -0.126. The van der Waals surface area contributed by atoms with Gasteiger partial charge in [-0.3, -0.25) is 4.79 Å². The highest BCUT2D eigenvalue weighted by atomic mass is 35.5. The van der Waals surface area contributed by atoms with Crippen molar-refractivity contribution in [3.8, 4) is 0 Å². The molecule has 1 aromatic carbocycles. The van der Waals surface area contributed by atoms with Crippen LogP contribution >= 0.6 is 22.9 Å². The molecular weight excluding hydrogens is 342 g/mol. The van der Waals surface area contributed by atoms with Crippen molar-refractivity contribution < 1.29 is 9.90 Å². The smallest absolute Gasteiger partial charge is 0.230 e. The van der Waals surface area contributed by atoms with Crippen LogP contribution in [0.15, 0.2) is 41.1 Å². The van der Waals surface area contributed by atoms with E-state index in [4.69, 9.17) is 11.6 Å². The molecule has 0 radical (unpaired) electrons. The first-order valence-corrected chi connectivity index (χ1v) is 9.68. The predicted molar refractivity (Wildman–Crippen MR) is 98.5 cm³/mol. The molecule has 2 aromatic rings. The Kier molecular flexibility index (Phi) is 5.59. The number of nitrogens with one attached hydrogen (secondary N) is 1. The van der Waals surface area contributed by atoms with Gasteiger partial charge in [-0.15, -0.1) is 0 Å². The molecule has 0 saturated heterocycles. The predicted octanol–water partition coefficient (Wildman–Crippen LogP) is 4.45. The summed E-state index contributed by atoms with van der Waals surface area (Å²) in [6, 6.07) is 9.55. The van der Waals surface area contributed by atoms with Gasteiger partial charge in [0.25, 0.3) is 0 Å². The first-order valence-electron chi connectivity index (χ1n) is 8.36. The number of benzene rings is 1. The van der Waals surface area contributed by atoms with Crippen LogP contribution < -0.4 is 5.32 Å². The average Bonchev–Trinajstić information content (AvgIpc) is 3.28. The second-order valence-corrected chi connectivity index (χ2v) is 7.63. The first kappa shape index (κ1) is 17.5. The Bertz CT molecular complexity index is 663. The largest absolute Gasteiger partial charge is 0.388 e. The molecule has 128 valence electrons. The van der Waals surface area contributed by atoms with E-state index < -0.39 is 11.5 Å². The third-order valence-corrected chi connectivity index (χ3v) is 5.87. The fraction of sp³-hybridized carbons (Fsp3) is 0.421. The van der Waals surface area contributed by atoms with Crippen LogP contribution in [0.3, 0.4) is 0 Å². The lowest BCUT2D eigenvalue weighted by atomic mass is 9.78. The van der Waals surface area contributed by atoms with Crippen LogP contribution in [0.25, 0.3) is 0 Å². The van der Waals surface area contributed by atoms with Gasteiger partial charge in [0.05, 0.1) is 11.5 Å². The van der Waals surface area contributed by atoms with E-state index in [0.717, 1.165) is 36.8 Å². The summed E-state index contributed by atoms with van der Waals surface area (Å²) < 4.78 is 0. The molecule has 0 unspecified atom stereocenters. The summed E-state index contributed by atoms with van der Waals surface area (Å²) in [5.41, 5.74) is 1.51. The van der Waals surface area contributed by atoms with E-state index in [9.17, 15) is 9.90 Å². The van der Waals surface area contributed by atoms with Crippen LogP contribution in [-0.4, -0.2) is 17.6 Å². The number of rotatable bonds is 6. The Morgan fingerprint density at radius 2 is 1.96 bits per heavy atom. The third-order valence-electron chi connectivity index (χ3n) is 4.92. The maximum Gasteiger partial charge on any atom is 0.230 e. The zero-order valence-electron chi connectivity index (χ0n) is 13.5. The Morgan fingerprint density at radius 1 is 1.25 bits per heavy atom. The molecule has 1 aliphatic carbocycles. The van der Waals surface area contributed by atoms with Gasteiger partial charge < -0.3 is 10.4 Å². The molecular formula is C19H22ClNO2S. The molecule has 3 rings (SSSR count). The molecule has 0 spiro atoms. The molecule has 1 fully saturated rings. The van der Waals surface area contributed by atoms with E-state index in [2.05, 4.69) is 5.32 Å². The molecule has 1 amide bonds. The van der Waals surface area contributed by atoms with E-state index in [1.165, 1.54) is 0 Å². The molecule has 1 atom stereocenters. The minimum Gasteiger partial charge on any atom is -0.388 e. The van der Waals surface area contributed by atoms with Crippen LogP contribution in [0.2, 0.25) is 5.02 Å². The molecule has 5 heteroatoms. The Labute approximate surface area is 151 Å². The number of carbonyl (C=O) groups excluding carboxylic acids is 1. The van der Waals surface area contributed by atoms with Gasteiger partial charge in [-0.2, -0.15) is 11.3 Å². The maximum absolute atomic E-state index is 12.9. The number of amides is 1. The minimum absolute atomic E-state index is 0.0693. The SMILES string of the molecule is O=C(NCC[C@@H](O)c1ccsc1)C1(c2ccc(Cl)cc2)CCCC1. The van der Waals surface area contributed by atoms with Crippen LogP contribution in [0.4, 0.5) is 0 Å². The summed E-state index contributed by atoms with van der Waals surface area (Å²) in [6.45, 7) is 0.477. The number of halogens is 1. The van der Waals surface area contributed by atoms with Gasteiger partial charge >= 0.3 is 0 Å². The van der Waals surface area contributed by atoms with Crippen LogP contribution in [0, 0.1) is 0 Å². The number of hydrogen-bond acceptors (Lipinski definition) is 3. The Hall–Kier alpha value is -1.36. The van der Waals surface area contributed by atoms with E-state index in [0.29, 0.717) is 18.0 Å². The van der Waals surface area contributed by atoms with Crippen LogP contribution in [-0.2, 0) is 10.2 Å². The first-order chi connectivity index (χ1) is 11.6. The number of carbonyl (C=O) groups is 1. The highest BCUT2D eigenvalue weighted by molar-refractivity contribution is 7.07. The van der Waals surface area contributed by atoms with Crippen molar-refractivity contribution in [3.05, 3.63) is 57.2 Å². The van der Waals surface area contributed by atoms with Crippen molar-refractivity contribution in [2.24, 2.45) is 0 Å². The van der Waals surface area contributed by atoms with Gasteiger partial charge in [-0.1, -0.05) is 36.6 Å². The van der Waals surface area contributed by atoms with Gasteiger partial charge in [0.2, 0.25) is 5.91 Å². The molecule has 3 nitrogen and oxygen atoms in total. The van der Waals surface area contributed by atoms with Crippen LogP contribution in [0.5, 0.6) is 0 Å². The molecule has 1 saturated carbocycles. The number of aliphatic hydroxyl groups excluding tert-OH is 1. The zero-order chi connectivity index (χ0) is 17.0. The zero-order valence-corrected chi connectivity index (χ0v) is 15.1. The van der Waals surface area contributed by atoms with E-state index in [1.807, 2.05) is 41.1 Å². The normalized spacial score (nSPS) is 17.6. The summed E-state index contributed by atoms with van der Waals surface area (Å²) in [5, 5.41) is 17.8. The summed E-state index contributed by atoms with van der Waals surface area (Å²) in [4.78, 5) is 12.9.